The van der Waals surface area contributed by atoms with Crippen molar-refractivity contribution in [2.75, 3.05) is 13.7 Å². The average molecular weight is 367 g/mol. The molecule has 7 heteroatoms. The number of methoxy groups -OCH3 is 1. The molecular formula is C20H21N3O4. The van der Waals surface area contributed by atoms with E-state index in [0.717, 1.165) is 17.7 Å². The molecule has 0 saturated heterocycles. The van der Waals surface area contributed by atoms with Crippen LogP contribution in [0.25, 0.3) is 17.7 Å². The van der Waals surface area contributed by atoms with Crippen molar-refractivity contribution in [3.8, 4) is 17.4 Å². The number of carbonyl (C=O) groups is 1. The Morgan fingerprint density at radius 3 is 2.70 bits per heavy atom. The van der Waals surface area contributed by atoms with E-state index < -0.39 is 0 Å². The Morgan fingerprint density at radius 1 is 1.22 bits per heavy atom. The van der Waals surface area contributed by atoms with Gasteiger partial charge in [0.25, 0.3) is 5.89 Å². The lowest BCUT2D eigenvalue weighted by molar-refractivity contribution is -0.126. The number of furan rings is 1. The van der Waals surface area contributed by atoms with Crippen LogP contribution in [-0.2, 0) is 11.3 Å². The Hall–Kier alpha value is -3.35. The fourth-order valence-corrected chi connectivity index (χ4v) is 2.51. The molecule has 0 unspecified atom stereocenters. The number of hydrogen-bond donors (Lipinski definition) is 0. The van der Waals surface area contributed by atoms with Crippen molar-refractivity contribution in [2.45, 2.75) is 19.9 Å². The molecule has 0 aliphatic rings. The molecule has 0 aliphatic heterocycles. The molecule has 0 atom stereocenters. The third-order valence-corrected chi connectivity index (χ3v) is 3.86. The topological polar surface area (TPSA) is 81.6 Å². The second-order valence-corrected chi connectivity index (χ2v) is 5.84. The fraction of sp³-hybridized carbons (Fsp3) is 0.250. The highest BCUT2D eigenvalue weighted by Gasteiger charge is 2.16. The molecule has 0 N–H and O–H groups in total. The normalized spacial score (nSPS) is 11.0. The van der Waals surface area contributed by atoms with Gasteiger partial charge in [-0.3, -0.25) is 4.79 Å². The van der Waals surface area contributed by atoms with E-state index in [1.165, 1.54) is 6.26 Å². The highest BCUT2D eigenvalue weighted by molar-refractivity contribution is 5.91. The number of amides is 1. The summed E-state index contributed by atoms with van der Waals surface area (Å²) in [6.07, 6.45) is 5.67. The van der Waals surface area contributed by atoms with Crippen LogP contribution in [0, 0.1) is 0 Å². The lowest BCUT2D eigenvalue weighted by Gasteiger charge is -2.18. The molecule has 3 rings (SSSR count). The minimum atomic E-state index is -0.120. The molecule has 2 aromatic heterocycles. The lowest BCUT2D eigenvalue weighted by Crippen LogP contribution is -2.29. The molecule has 0 aliphatic carbocycles. The largest absolute Gasteiger partial charge is 0.497 e. The summed E-state index contributed by atoms with van der Waals surface area (Å²) in [5.74, 6) is 1.82. The van der Waals surface area contributed by atoms with E-state index in [-0.39, 0.29) is 12.5 Å². The number of aromatic nitrogens is 2. The van der Waals surface area contributed by atoms with Crippen LogP contribution in [0.4, 0.5) is 0 Å². The summed E-state index contributed by atoms with van der Waals surface area (Å²) in [4.78, 5) is 14.2. The van der Waals surface area contributed by atoms with Gasteiger partial charge in [0, 0.05) is 12.6 Å². The van der Waals surface area contributed by atoms with E-state index in [0.29, 0.717) is 24.1 Å². The van der Waals surface area contributed by atoms with Crippen molar-refractivity contribution in [1.82, 2.24) is 15.1 Å². The third-order valence-electron chi connectivity index (χ3n) is 3.86. The standard InChI is InChI=1S/C20H21N3O4/c1-3-12-23(14-18-21-22-20(27-18)17-5-4-13-26-17)19(24)11-8-15-6-9-16(25-2)10-7-15/h4-11,13H,3,12,14H2,1-2H3/b11-8+. The van der Waals surface area contributed by atoms with E-state index in [1.54, 1.807) is 36.3 Å². The maximum atomic E-state index is 12.6. The number of benzene rings is 1. The molecule has 0 saturated carbocycles. The van der Waals surface area contributed by atoms with Crippen LogP contribution in [0.15, 0.2) is 57.6 Å². The summed E-state index contributed by atoms with van der Waals surface area (Å²) >= 11 is 0. The van der Waals surface area contributed by atoms with Crippen LogP contribution in [0.1, 0.15) is 24.8 Å². The van der Waals surface area contributed by atoms with Gasteiger partial charge in [-0.15, -0.1) is 10.2 Å². The SMILES string of the molecule is CCCN(Cc1nnc(-c2ccco2)o1)C(=O)/C=C/c1ccc(OC)cc1. The summed E-state index contributed by atoms with van der Waals surface area (Å²) < 4.78 is 16.0. The molecule has 2 heterocycles. The maximum Gasteiger partial charge on any atom is 0.283 e. The summed E-state index contributed by atoms with van der Waals surface area (Å²) in [5.41, 5.74) is 0.915. The van der Waals surface area contributed by atoms with Crippen LogP contribution in [0.5, 0.6) is 5.75 Å². The first-order chi connectivity index (χ1) is 13.2. The molecule has 0 bridgehead atoms. The minimum Gasteiger partial charge on any atom is -0.497 e. The zero-order valence-corrected chi connectivity index (χ0v) is 15.3. The van der Waals surface area contributed by atoms with Crippen molar-refractivity contribution in [2.24, 2.45) is 0 Å². The molecule has 140 valence electrons. The van der Waals surface area contributed by atoms with Crippen molar-refractivity contribution < 1.29 is 18.4 Å². The zero-order chi connectivity index (χ0) is 19.1. The van der Waals surface area contributed by atoms with Crippen molar-refractivity contribution in [3.05, 3.63) is 60.2 Å². The van der Waals surface area contributed by atoms with Crippen molar-refractivity contribution >= 4 is 12.0 Å². The van der Waals surface area contributed by atoms with Crippen LogP contribution in [-0.4, -0.2) is 34.7 Å². The Bertz CT molecular complexity index is 882. The first-order valence-electron chi connectivity index (χ1n) is 8.67. The van der Waals surface area contributed by atoms with Gasteiger partial charge in [-0.25, -0.2) is 0 Å². The van der Waals surface area contributed by atoms with E-state index in [4.69, 9.17) is 13.6 Å². The van der Waals surface area contributed by atoms with Crippen LogP contribution >= 0.6 is 0 Å². The monoisotopic (exact) mass is 367 g/mol. The average Bonchev–Trinajstić information content (AvgIpc) is 3.38. The summed E-state index contributed by atoms with van der Waals surface area (Å²) in [7, 11) is 1.62. The van der Waals surface area contributed by atoms with Gasteiger partial charge in [0.2, 0.25) is 11.8 Å². The number of ether oxygens (including phenoxy) is 1. The number of carbonyl (C=O) groups excluding carboxylic acids is 1. The second kappa shape index (κ2) is 8.84. The third kappa shape index (κ3) is 4.84. The molecule has 0 spiro atoms. The predicted octanol–water partition coefficient (Wildman–Crippen LogP) is 3.79. The van der Waals surface area contributed by atoms with E-state index in [9.17, 15) is 4.79 Å². The molecule has 0 fully saturated rings. The first kappa shape index (κ1) is 18.4. The van der Waals surface area contributed by atoms with Crippen molar-refractivity contribution in [1.29, 1.82) is 0 Å². The van der Waals surface area contributed by atoms with Crippen LogP contribution in [0.3, 0.4) is 0 Å². The molecule has 1 amide bonds. The van der Waals surface area contributed by atoms with Gasteiger partial charge in [-0.05, 0) is 42.3 Å². The summed E-state index contributed by atoms with van der Waals surface area (Å²) in [6.45, 7) is 2.84. The quantitative estimate of drug-likeness (QED) is 0.564. The molecule has 27 heavy (non-hydrogen) atoms. The fourth-order valence-electron chi connectivity index (χ4n) is 2.51. The minimum absolute atomic E-state index is 0.120. The number of rotatable bonds is 8. The van der Waals surface area contributed by atoms with Crippen LogP contribution < -0.4 is 4.74 Å². The van der Waals surface area contributed by atoms with Gasteiger partial charge in [-0.1, -0.05) is 19.1 Å². The summed E-state index contributed by atoms with van der Waals surface area (Å²) in [6, 6.07) is 11.0. The Balaban J connectivity index is 1.66. The Labute approximate surface area is 157 Å². The zero-order valence-electron chi connectivity index (χ0n) is 15.3. The van der Waals surface area contributed by atoms with Gasteiger partial charge < -0.3 is 18.5 Å². The van der Waals surface area contributed by atoms with Gasteiger partial charge in [0.15, 0.2) is 5.76 Å². The van der Waals surface area contributed by atoms with Crippen molar-refractivity contribution in [3.63, 3.8) is 0 Å². The van der Waals surface area contributed by atoms with E-state index in [2.05, 4.69) is 10.2 Å². The summed E-state index contributed by atoms with van der Waals surface area (Å²) in [5, 5.41) is 7.97. The highest BCUT2D eigenvalue weighted by Crippen LogP contribution is 2.19. The van der Waals surface area contributed by atoms with Gasteiger partial charge in [0.1, 0.15) is 5.75 Å². The van der Waals surface area contributed by atoms with E-state index >= 15 is 0 Å². The maximum absolute atomic E-state index is 12.6. The number of hydrogen-bond acceptors (Lipinski definition) is 6. The predicted molar refractivity (Wildman–Crippen MR) is 99.7 cm³/mol. The Morgan fingerprint density at radius 2 is 2.04 bits per heavy atom. The number of nitrogens with zero attached hydrogens (tertiary/aromatic N) is 3. The van der Waals surface area contributed by atoms with Gasteiger partial charge >= 0.3 is 0 Å². The molecule has 0 radical (unpaired) electrons. The second-order valence-electron chi connectivity index (χ2n) is 5.84. The van der Waals surface area contributed by atoms with E-state index in [1.807, 2.05) is 31.2 Å². The highest BCUT2D eigenvalue weighted by atomic mass is 16.5. The molecule has 7 nitrogen and oxygen atoms in total. The van der Waals surface area contributed by atoms with Gasteiger partial charge in [0.05, 0.1) is 19.9 Å². The van der Waals surface area contributed by atoms with Gasteiger partial charge in [-0.2, -0.15) is 0 Å². The molecule has 1 aromatic carbocycles. The lowest BCUT2D eigenvalue weighted by atomic mass is 10.2. The smallest absolute Gasteiger partial charge is 0.283 e. The molecule has 3 aromatic rings. The first-order valence-corrected chi connectivity index (χ1v) is 8.67. The van der Waals surface area contributed by atoms with Crippen LogP contribution in [0.2, 0.25) is 0 Å². The molecular weight excluding hydrogens is 346 g/mol. The Kier molecular flexibility index (Phi) is 6.04.